The third kappa shape index (κ3) is 2.00. The second-order valence-corrected chi connectivity index (χ2v) is 4.84. The Morgan fingerprint density at radius 2 is 2.28 bits per heavy atom. The van der Waals surface area contributed by atoms with E-state index < -0.39 is 0 Å². The first kappa shape index (κ1) is 11.0. The van der Waals surface area contributed by atoms with E-state index in [-0.39, 0.29) is 0 Å². The number of benzene rings is 1. The van der Waals surface area contributed by atoms with Crippen LogP contribution in [-0.4, -0.2) is 19.8 Å². The number of nitrogens with zero attached hydrogens (tertiary/aromatic N) is 4. The maximum atomic E-state index is 5.65. The van der Waals surface area contributed by atoms with Crippen molar-refractivity contribution in [1.29, 1.82) is 0 Å². The highest BCUT2D eigenvalue weighted by Crippen LogP contribution is 2.17. The molecule has 7 heteroatoms. The Morgan fingerprint density at radius 3 is 3.11 bits per heavy atom. The molecular weight excluding hydrogens is 250 g/mol. The van der Waals surface area contributed by atoms with Crippen LogP contribution < -0.4 is 10.5 Å². The van der Waals surface area contributed by atoms with Gasteiger partial charge in [0.25, 0.3) is 0 Å². The predicted molar refractivity (Wildman–Crippen MR) is 68.6 cm³/mol. The first-order valence-electron chi connectivity index (χ1n) is 5.38. The minimum absolute atomic E-state index is 0.313. The number of rotatable bonds is 3. The molecule has 6 nitrogen and oxygen atoms in total. The molecule has 2 heterocycles. The van der Waals surface area contributed by atoms with Crippen LogP contribution in [0.2, 0.25) is 0 Å². The number of fused-ring (bicyclic) bond motifs is 1. The van der Waals surface area contributed by atoms with Gasteiger partial charge in [0.15, 0.2) is 5.82 Å². The first-order chi connectivity index (χ1) is 8.72. The van der Waals surface area contributed by atoms with Crippen LogP contribution in [0.1, 0.15) is 11.4 Å². The molecule has 0 aliphatic heterocycles. The van der Waals surface area contributed by atoms with Crippen LogP contribution in [0.15, 0.2) is 24.3 Å². The fraction of sp³-hybridized carbons (Fsp3) is 0.182. The fourth-order valence-electron chi connectivity index (χ4n) is 1.62. The molecule has 0 saturated carbocycles. The number of aromatic nitrogens is 4. The smallest absolute Gasteiger partial charge is 0.236 e. The van der Waals surface area contributed by atoms with Crippen molar-refractivity contribution in [2.45, 2.75) is 13.5 Å². The van der Waals surface area contributed by atoms with E-state index in [9.17, 15) is 0 Å². The quantitative estimate of drug-likeness (QED) is 0.775. The van der Waals surface area contributed by atoms with Crippen LogP contribution >= 0.6 is 11.3 Å². The lowest BCUT2D eigenvalue weighted by molar-refractivity contribution is 0.292. The highest BCUT2D eigenvalue weighted by molar-refractivity contribution is 7.20. The summed E-state index contributed by atoms with van der Waals surface area (Å²) in [6.07, 6.45) is 0. The maximum Gasteiger partial charge on any atom is 0.236 e. The van der Waals surface area contributed by atoms with Crippen LogP contribution in [0, 0.1) is 6.92 Å². The van der Waals surface area contributed by atoms with E-state index in [4.69, 9.17) is 10.5 Å². The van der Waals surface area contributed by atoms with Crippen LogP contribution in [0.4, 0.5) is 5.13 Å². The molecule has 0 atom stereocenters. The van der Waals surface area contributed by atoms with Crippen molar-refractivity contribution in [3.8, 4) is 5.75 Å². The van der Waals surface area contributed by atoms with Gasteiger partial charge < -0.3 is 10.5 Å². The van der Waals surface area contributed by atoms with Gasteiger partial charge in [-0.1, -0.05) is 23.5 Å². The molecule has 1 aromatic carbocycles. The van der Waals surface area contributed by atoms with E-state index >= 15 is 0 Å². The van der Waals surface area contributed by atoms with Gasteiger partial charge in [-0.15, -0.1) is 15.3 Å². The third-order valence-corrected chi connectivity index (χ3v) is 3.16. The zero-order valence-corrected chi connectivity index (χ0v) is 10.5. The summed E-state index contributed by atoms with van der Waals surface area (Å²) in [4.78, 5) is 0.676. The lowest BCUT2D eigenvalue weighted by Crippen LogP contribution is -2.02. The summed E-state index contributed by atoms with van der Waals surface area (Å²) in [5.74, 6) is 1.44. The summed E-state index contributed by atoms with van der Waals surface area (Å²) < 4.78 is 7.26. The average molecular weight is 261 g/mol. The summed E-state index contributed by atoms with van der Waals surface area (Å²) in [7, 11) is 0. The molecule has 3 aromatic rings. The molecule has 0 aliphatic rings. The van der Waals surface area contributed by atoms with E-state index in [2.05, 4.69) is 15.3 Å². The second kappa shape index (κ2) is 4.26. The van der Waals surface area contributed by atoms with Crippen LogP contribution in [0.5, 0.6) is 5.75 Å². The van der Waals surface area contributed by atoms with Crippen molar-refractivity contribution in [2.24, 2.45) is 0 Å². The van der Waals surface area contributed by atoms with E-state index in [1.807, 2.05) is 31.2 Å². The third-order valence-electron chi connectivity index (χ3n) is 2.43. The molecule has 0 amide bonds. The molecule has 2 N–H and O–H groups in total. The highest BCUT2D eigenvalue weighted by Gasteiger charge is 2.10. The number of aryl methyl sites for hydroxylation is 1. The van der Waals surface area contributed by atoms with Crippen LogP contribution in [0.3, 0.4) is 0 Å². The van der Waals surface area contributed by atoms with E-state index in [1.54, 1.807) is 4.52 Å². The highest BCUT2D eigenvalue weighted by atomic mass is 32.1. The number of nitrogen functional groups attached to an aromatic ring is 1. The zero-order valence-electron chi connectivity index (χ0n) is 9.70. The Balaban J connectivity index is 1.80. The van der Waals surface area contributed by atoms with Crippen molar-refractivity contribution in [1.82, 2.24) is 19.8 Å². The molecule has 0 saturated heterocycles. The largest absolute Gasteiger partial charge is 0.486 e. The van der Waals surface area contributed by atoms with Gasteiger partial charge in [-0.25, -0.2) is 0 Å². The molecule has 0 radical (unpaired) electrons. The number of hydrogen-bond donors (Lipinski definition) is 1. The number of ether oxygens (including phenoxy) is 1. The first-order valence-corrected chi connectivity index (χ1v) is 6.20. The van der Waals surface area contributed by atoms with Crippen molar-refractivity contribution in [3.05, 3.63) is 35.7 Å². The standard InChI is InChI=1S/C11H11N5OS/c1-7-3-2-4-8(5-7)17-6-9-13-14-11-16(9)15-10(12)18-11/h2-5H,6H2,1H3,(H2,12,15). The van der Waals surface area contributed by atoms with Gasteiger partial charge in [0, 0.05) is 0 Å². The topological polar surface area (TPSA) is 78.3 Å². The summed E-state index contributed by atoms with van der Waals surface area (Å²) in [5, 5.41) is 12.6. The van der Waals surface area contributed by atoms with Gasteiger partial charge in [-0.2, -0.15) is 4.52 Å². The lowest BCUT2D eigenvalue weighted by atomic mass is 10.2. The normalized spacial score (nSPS) is 10.9. The molecule has 2 aromatic heterocycles. The second-order valence-electron chi connectivity index (χ2n) is 3.86. The summed E-state index contributed by atoms with van der Waals surface area (Å²) in [6, 6.07) is 7.84. The molecule has 0 bridgehead atoms. The van der Waals surface area contributed by atoms with E-state index in [1.165, 1.54) is 11.3 Å². The average Bonchev–Trinajstić information content (AvgIpc) is 2.86. The lowest BCUT2D eigenvalue weighted by Gasteiger charge is -2.04. The fourth-order valence-corrected chi connectivity index (χ4v) is 2.24. The Kier molecular flexibility index (Phi) is 2.60. The Morgan fingerprint density at radius 1 is 1.39 bits per heavy atom. The molecule has 3 rings (SSSR count). The molecule has 92 valence electrons. The van der Waals surface area contributed by atoms with E-state index in [0.29, 0.717) is 22.5 Å². The van der Waals surface area contributed by atoms with Gasteiger partial charge in [-0.3, -0.25) is 0 Å². The zero-order chi connectivity index (χ0) is 12.5. The Labute approximate surface area is 107 Å². The SMILES string of the molecule is Cc1cccc(OCc2nnc3sc(N)nn23)c1. The van der Waals surface area contributed by atoms with Crippen molar-refractivity contribution < 1.29 is 4.74 Å². The molecule has 0 unspecified atom stereocenters. The minimum atomic E-state index is 0.313. The predicted octanol–water partition coefficient (Wildman–Crippen LogP) is 1.66. The van der Waals surface area contributed by atoms with E-state index in [0.717, 1.165) is 11.3 Å². The minimum Gasteiger partial charge on any atom is -0.486 e. The molecule has 0 spiro atoms. The van der Waals surface area contributed by atoms with Crippen molar-refractivity contribution >= 4 is 21.4 Å². The molecule has 0 fully saturated rings. The number of anilines is 1. The monoisotopic (exact) mass is 261 g/mol. The van der Waals surface area contributed by atoms with Gasteiger partial charge in [-0.05, 0) is 24.6 Å². The summed E-state index contributed by atoms with van der Waals surface area (Å²) in [6.45, 7) is 2.33. The summed E-state index contributed by atoms with van der Waals surface area (Å²) >= 11 is 1.30. The Hall–Kier alpha value is -2.15. The van der Waals surface area contributed by atoms with Crippen LogP contribution in [-0.2, 0) is 6.61 Å². The van der Waals surface area contributed by atoms with Crippen molar-refractivity contribution in [2.75, 3.05) is 5.73 Å². The summed E-state index contributed by atoms with van der Waals surface area (Å²) in [5.41, 5.74) is 6.76. The van der Waals surface area contributed by atoms with Gasteiger partial charge >= 0.3 is 0 Å². The number of nitrogens with two attached hydrogens (primary N) is 1. The van der Waals surface area contributed by atoms with Gasteiger partial charge in [0.1, 0.15) is 12.4 Å². The van der Waals surface area contributed by atoms with Crippen molar-refractivity contribution in [3.63, 3.8) is 0 Å². The number of hydrogen-bond acceptors (Lipinski definition) is 6. The molecule has 0 aliphatic carbocycles. The molecule has 18 heavy (non-hydrogen) atoms. The van der Waals surface area contributed by atoms with Gasteiger partial charge in [0.2, 0.25) is 10.1 Å². The maximum absolute atomic E-state index is 5.65. The van der Waals surface area contributed by atoms with Crippen LogP contribution in [0.25, 0.3) is 4.96 Å². The Bertz CT molecular complexity index is 690. The van der Waals surface area contributed by atoms with Gasteiger partial charge in [0.05, 0.1) is 0 Å². The molecular formula is C11H11N5OS.